The van der Waals surface area contributed by atoms with E-state index >= 15 is 0 Å². The summed E-state index contributed by atoms with van der Waals surface area (Å²) in [5.41, 5.74) is 2.13. The maximum absolute atomic E-state index is 13.0. The Bertz CT molecular complexity index is 1380. The van der Waals surface area contributed by atoms with Gasteiger partial charge in [0.15, 0.2) is 0 Å². The molecule has 0 aliphatic carbocycles. The minimum atomic E-state index is -3.67. The van der Waals surface area contributed by atoms with Crippen molar-refractivity contribution in [2.24, 2.45) is 0 Å². The lowest BCUT2D eigenvalue weighted by Gasteiger charge is -2.29. The molecule has 0 radical (unpaired) electrons. The van der Waals surface area contributed by atoms with Crippen LogP contribution in [0.1, 0.15) is 20.7 Å². The summed E-state index contributed by atoms with van der Waals surface area (Å²) >= 11 is 0. The van der Waals surface area contributed by atoms with E-state index in [1.54, 1.807) is 48.5 Å². The Labute approximate surface area is 197 Å². The number of fused-ring (bicyclic) bond motifs is 1. The second-order valence-corrected chi connectivity index (χ2v) is 9.96. The van der Waals surface area contributed by atoms with Crippen LogP contribution in [-0.2, 0) is 14.8 Å². The van der Waals surface area contributed by atoms with Crippen molar-refractivity contribution in [3.63, 3.8) is 0 Å². The first-order chi connectivity index (χ1) is 16.2. The summed E-state index contributed by atoms with van der Waals surface area (Å²) in [6, 6.07) is 19.0. The average molecular weight is 479 g/mol. The van der Waals surface area contributed by atoms with Gasteiger partial charge in [-0.15, -0.1) is 0 Å². The smallest absolute Gasteiger partial charge is 0.258 e. The van der Waals surface area contributed by atoms with Gasteiger partial charge in [-0.05, 0) is 54.6 Å². The number of hydrogen-bond donors (Lipinski definition) is 2. The van der Waals surface area contributed by atoms with Crippen LogP contribution in [0.2, 0.25) is 0 Å². The molecule has 0 spiro atoms. The zero-order valence-corrected chi connectivity index (χ0v) is 19.3. The Balaban J connectivity index is 1.50. The number of benzene rings is 3. The quantitative estimate of drug-likeness (QED) is 0.585. The molecule has 0 saturated heterocycles. The summed E-state index contributed by atoms with van der Waals surface area (Å²) in [7, 11) is -0.841. The molecule has 3 aromatic carbocycles. The van der Waals surface area contributed by atoms with Crippen molar-refractivity contribution in [3.05, 3.63) is 83.9 Å². The first kappa shape index (κ1) is 23.1. The molecule has 1 aliphatic rings. The Hall–Kier alpha value is -4.02. The number of anilines is 3. The molecule has 174 valence electrons. The minimum Gasteiger partial charge on any atom is -0.323 e. The number of sulfonamides is 1. The van der Waals surface area contributed by atoms with Crippen LogP contribution in [0, 0.1) is 0 Å². The van der Waals surface area contributed by atoms with E-state index in [9.17, 15) is 22.8 Å². The fraction of sp³-hybridized carbons (Fsp3) is 0.125. The normalized spacial score (nSPS) is 13.3. The Kier molecular flexibility index (Phi) is 6.18. The third-order valence-electron chi connectivity index (χ3n) is 5.28. The highest BCUT2D eigenvalue weighted by molar-refractivity contribution is 7.89. The van der Waals surface area contributed by atoms with Gasteiger partial charge >= 0.3 is 0 Å². The Morgan fingerprint density at radius 1 is 0.941 bits per heavy atom. The highest BCUT2D eigenvalue weighted by Crippen LogP contribution is 2.30. The molecule has 0 saturated carbocycles. The van der Waals surface area contributed by atoms with Gasteiger partial charge in [-0.2, -0.15) is 0 Å². The predicted octanol–water partition coefficient (Wildman–Crippen LogP) is 2.79. The van der Waals surface area contributed by atoms with E-state index in [1.807, 2.05) is 0 Å². The van der Waals surface area contributed by atoms with E-state index in [1.165, 1.54) is 43.3 Å². The standard InChI is InChI=1S/C24H22N4O5S/c1-27(2)34(32,33)19-7-5-6-17(14-19)23(30)25-18-12-10-16(11-13-18)24(31)28-15-22(29)26-20-8-3-4-9-21(20)28/h3-14H,15H2,1-2H3,(H,25,30)(H,26,29). The maximum Gasteiger partial charge on any atom is 0.258 e. The molecule has 3 amide bonds. The number of carbonyl (C=O) groups excluding carboxylic acids is 3. The van der Waals surface area contributed by atoms with Gasteiger partial charge in [-0.3, -0.25) is 19.3 Å². The Morgan fingerprint density at radius 2 is 1.65 bits per heavy atom. The van der Waals surface area contributed by atoms with Crippen molar-refractivity contribution in [2.45, 2.75) is 4.90 Å². The molecule has 3 aromatic rings. The molecule has 0 atom stereocenters. The van der Waals surface area contributed by atoms with Gasteiger partial charge in [-0.1, -0.05) is 18.2 Å². The third-order valence-corrected chi connectivity index (χ3v) is 7.09. The summed E-state index contributed by atoms with van der Waals surface area (Å²) in [5, 5.41) is 5.44. The third kappa shape index (κ3) is 4.54. The van der Waals surface area contributed by atoms with Crippen LogP contribution in [0.25, 0.3) is 0 Å². The molecule has 0 fully saturated rings. The molecule has 2 N–H and O–H groups in total. The van der Waals surface area contributed by atoms with Gasteiger partial charge < -0.3 is 10.6 Å². The highest BCUT2D eigenvalue weighted by Gasteiger charge is 2.27. The Morgan fingerprint density at radius 3 is 2.35 bits per heavy atom. The molecule has 10 heteroatoms. The summed E-state index contributed by atoms with van der Waals surface area (Å²) in [6.07, 6.45) is 0. The van der Waals surface area contributed by atoms with Crippen molar-refractivity contribution >= 4 is 44.8 Å². The van der Waals surface area contributed by atoms with Gasteiger partial charge in [0.05, 0.1) is 16.3 Å². The molecule has 9 nitrogen and oxygen atoms in total. The van der Waals surface area contributed by atoms with Gasteiger partial charge in [0.25, 0.3) is 11.8 Å². The van der Waals surface area contributed by atoms with Gasteiger partial charge in [0.2, 0.25) is 15.9 Å². The molecule has 0 aromatic heterocycles. The van der Waals surface area contributed by atoms with E-state index in [0.29, 0.717) is 22.6 Å². The highest BCUT2D eigenvalue weighted by atomic mass is 32.2. The van der Waals surface area contributed by atoms with Crippen LogP contribution in [0.5, 0.6) is 0 Å². The molecule has 0 unspecified atom stereocenters. The number of para-hydroxylation sites is 2. The summed E-state index contributed by atoms with van der Waals surface area (Å²) in [5.74, 6) is -1.12. The maximum atomic E-state index is 13.0. The second kappa shape index (κ2) is 9.08. The van der Waals surface area contributed by atoms with E-state index in [4.69, 9.17) is 0 Å². The average Bonchev–Trinajstić information content (AvgIpc) is 2.83. The van der Waals surface area contributed by atoms with Gasteiger partial charge in [0.1, 0.15) is 6.54 Å². The number of amides is 3. The number of nitrogens with zero attached hydrogens (tertiary/aromatic N) is 2. The molecule has 1 heterocycles. The van der Waals surface area contributed by atoms with Crippen LogP contribution in [-0.4, -0.2) is 51.1 Å². The number of hydrogen-bond acceptors (Lipinski definition) is 5. The molecule has 34 heavy (non-hydrogen) atoms. The first-order valence-corrected chi connectivity index (χ1v) is 11.8. The monoisotopic (exact) mass is 478 g/mol. The minimum absolute atomic E-state index is 0.0111. The van der Waals surface area contributed by atoms with Crippen LogP contribution in [0.3, 0.4) is 0 Å². The summed E-state index contributed by atoms with van der Waals surface area (Å²) in [4.78, 5) is 39.1. The zero-order valence-electron chi connectivity index (χ0n) is 18.5. The number of nitrogens with one attached hydrogen (secondary N) is 2. The molecule has 0 bridgehead atoms. The zero-order chi connectivity index (χ0) is 24.5. The van der Waals surface area contributed by atoms with Crippen molar-refractivity contribution in [3.8, 4) is 0 Å². The molecule has 4 rings (SSSR count). The largest absolute Gasteiger partial charge is 0.323 e. The van der Waals surface area contributed by atoms with Crippen molar-refractivity contribution in [1.82, 2.24) is 4.31 Å². The number of carbonyl (C=O) groups is 3. The topological polar surface area (TPSA) is 116 Å². The lowest BCUT2D eigenvalue weighted by molar-refractivity contribution is -0.115. The van der Waals surface area contributed by atoms with Crippen LogP contribution >= 0.6 is 0 Å². The van der Waals surface area contributed by atoms with E-state index < -0.39 is 15.9 Å². The lowest BCUT2D eigenvalue weighted by Crippen LogP contribution is -2.42. The van der Waals surface area contributed by atoms with Crippen molar-refractivity contribution in [1.29, 1.82) is 0 Å². The number of rotatable bonds is 5. The fourth-order valence-electron chi connectivity index (χ4n) is 3.48. The van der Waals surface area contributed by atoms with Crippen LogP contribution in [0.4, 0.5) is 17.1 Å². The van der Waals surface area contributed by atoms with E-state index in [2.05, 4.69) is 10.6 Å². The van der Waals surface area contributed by atoms with Gasteiger partial charge in [-0.25, -0.2) is 12.7 Å². The predicted molar refractivity (Wildman–Crippen MR) is 128 cm³/mol. The first-order valence-electron chi connectivity index (χ1n) is 10.3. The molecular formula is C24H22N4O5S. The summed E-state index contributed by atoms with van der Waals surface area (Å²) in [6.45, 7) is -0.0967. The van der Waals surface area contributed by atoms with Crippen LogP contribution in [0.15, 0.2) is 77.7 Å². The SMILES string of the molecule is CN(C)S(=O)(=O)c1cccc(C(=O)Nc2ccc(C(=O)N3CC(=O)Nc4ccccc43)cc2)c1. The molecule has 1 aliphatic heterocycles. The van der Waals surface area contributed by atoms with Crippen molar-refractivity contribution < 1.29 is 22.8 Å². The second-order valence-electron chi connectivity index (χ2n) is 7.80. The van der Waals surface area contributed by atoms with E-state index in [-0.39, 0.29) is 28.8 Å². The van der Waals surface area contributed by atoms with Crippen LogP contribution < -0.4 is 15.5 Å². The lowest BCUT2D eigenvalue weighted by atomic mass is 10.1. The van der Waals surface area contributed by atoms with E-state index in [0.717, 1.165) is 4.31 Å². The fourth-order valence-corrected chi connectivity index (χ4v) is 4.43. The van der Waals surface area contributed by atoms with Crippen molar-refractivity contribution in [2.75, 3.05) is 36.2 Å². The van der Waals surface area contributed by atoms with Gasteiger partial charge in [0, 0.05) is 30.9 Å². The molecular weight excluding hydrogens is 456 g/mol. The summed E-state index contributed by atoms with van der Waals surface area (Å²) < 4.78 is 25.7.